The van der Waals surface area contributed by atoms with Gasteiger partial charge in [0.25, 0.3) is 5.91 Å². The number of rotatable bonds is 5. The number of thioether (sulfide) groups is 1. The van der Waals surface area contributed by atoms with E-state index in [-0.39, 0.29) is 17.5 Å². The Morgan fingerprint density at radius 1 is 1.30 bits per heavy atom. The van der Waals surface area contributed by atoms with Gasteiger partial charge in [-0.1, -0.05) is 36.0 Å². The van der Waals surface area contributed by atoms with Crippen LogP contribution in [0.3, 0.4) is 0 Å². The second kappa shape index (κ2) is 7.34. The fourth-order valence-corrected chi connectivity index (χ4v) is 3.70. The predicted octanol–water partition coefficient (Wildman–Crippen LogP) is 3.68. The monoisotopic (exact) mass is 345 g/mol. The summed E-state index contributed by atoms with van der Waals surface area (Å²) in [6, 6.07) is 13.8. The number of fused-ring (bicyclic) bond motifs is 1. The average molecular weight is 345 g/mol. The van der Waals surface area contributed by atoms with Gasteiger partial charge in [-0.3, -0.25) is 4.79 Å². The third-order valence-corrected chi connectivity index (χ3v) is 5.03. The van der Waals surface area contributed by atoms with Crippen LogP contribution in [0.15, 0.2) is 58.0 Å². The Hall–Kier alpha value is -2.25. The maximum atomic E-state index is 13.0. The topological polar surface area (TPSA) is 54.4 Å². The third-order valence-electron chi connectivity index (χ3n) is 2.85. The highest BCUT2D eigenvalue weighted by atomic mass is 32.2. The molecule has 1 amide bonds. The molecule has 23 heavy (non-hydrogen) atoms. The van der Waals surface area contributed by atoms with Crippen LogP contribution in [0.1, 0.15) is 5.56 Å². The lowest BCUT2D eigenvalue weighted by Crippen LogP contribution is -2.19. The van der Waals surface area contributed by atoms with Crippen molar-refractivity contribution in [1.82, 2.24) is 10.4 Å². The first kappa shape index (κ1) is 15.6. The number of hydrazone groups is 1. The zero-order chi connectivity index (χ0) is 16.1. The van der Waals surface area contributed by atoms with Gasteiger partial charge in [0.1, 0.15) is 5.82 Å². The van der Waals surface area contributed by atoms with Crippen LogP contribution in [0.4, 0.5) is 4.39 Å². The molecular formula is C16H12FN3OS2. The Bertz CT molecular complexity index is 830. The van der Waals surface area contributed by atoms with Crippen LogP contribution in [0, 0.1) is 5.82 Å². The van der Waals surface area contributed by atoms with Crippen molar-refractivity contribution in [2.45, 2.75) is 4.34 Å². The SMILES string of the molecule is O=C(CSc1nc2ccccc2s1)N/N=C\c1cccc(F)c1. The van der Waals surface area contributed by atoms with Crippen molar-refractivity contribution in [1.29, 1.82) is 0 Å². The highest BCUT2D eigenvalue weighted by Gasteiger charge is 2.06. The number of hydrogen-bond donors (Lipinski definition) is 1. The molecule has 0 saturated carbocycles. The van der Waals surface area contributed by atoms with Gasteiger partial charge in [-0.15, -0.1) is 11.3 Å². The number of hydrogen-bond acceptors (Lipinski definition) is 5. The molecule has 0 atom stereocenters. The molecule has 1 aromatic heterocycles. The summed E-state index contributed by atoms with van der Waals surface area (Å²) in [6.07, 6.45) is 1.41. The summed E-state index contributed by atoms with van der Waals surface area (Å²) < 4.78 is 14.9. The molecule has 0 aliphatic carbocycles. The minimum Gasteiger partial charge on any atom is -0.272 e. The van der Waals surface area contributed by atoms with Crippen LogP contribution in [-0.4, -0.2) is 22.9 Å². The first-order valence-corrected chi connectivity index (χ1v) is 8.57. The molecule has 7 heteroatoms. The lowest BCUT2D eigenvalue weighted by atomic mass is 10.2. The number of amides is 1. The van der Waals surface area contributed by atoms with Crippen molar-refractivity contribution in [2.24, 2.45) is 5.10 Å². The molecule has 4 nitrogen and oxygen atoms in total. The number of nitrogens with one attached hydrogen (secondary N) is 1. The molecule has 0 radical (unpaired) electrons. The normalized spacial score (nSPS) is 11.2. The summed E-state index contributed by atoms with van der Waals surface area (Å²) in [5.41, 5.74) is 3.94. The van der Waals surface area contributed by atoms with E-state index < -0.39 is 0 Å². The maximum Gasteiger partial charge on any atom is 0.250 e. The molecule has 0 bridgehead atoms. The van der Waals surface area contributed by atoms with E-state index in [9.17, 15) is 9.18 Å². The minimum absolute atomic E-state index is 0.223. The first-order chi connectivity index (χ1) is 11.2. The average Bonchev–Trinajstić information content (AvgIpc) is 2.96. The summed E-state index contributed by atoms with van der Waals surface area (Å²) in [4.78, 5) is 16.2. The zero-order valence-corrected chi connectivity index (χ0v) is 13.5. The minimum atomic E-state index is -0.341. The van der Waals surface area contributed by atoms with Gasteiger partial charge in [0.2, 0.25) is 0 Å². The second-order valence-electron chi connectivity index (χ2n) is 4.58. The molecule has 2 aromatic carbocycles. The number of aromatic nitrogens is 1. The summed E-state index contributed by atoms with van der Waals surface area (Å²) in [5, 5.41) is 3.82. The van der Waals surface area contributed by atoms with E-state index in [1.54, 1.807) is 23.5 Å². The number of carbonyl (C=O) groups is 1. The standard InChI is InChI=1S/C16H12FN3OS2/c17-12-5-3-4-11(8-12)9-18-20-15(21)10-22-16-19-13-6-1-2-7-14(13)23-16/h1-9H,10H2,(H,20,21)/b18-9-. The fraction of sp³-hybridized carbons (Fsp3) is 0.0625. The number of nitrogens with zero attached hydrogens (tertiary/aromatic N) is 2. The number of benzene rings is 2. The van der Waals surface area contributed by atoms with Crippen molar-refractivity contribution < 1.29 is 9.18 Å². The van der Waals surface area contributed by atoms with Gasteiger partial charge >= 0.3 is 0 Å². The van der Waals surface area contributed by atoms with E-state index in [4.69, 9.17) is 0 Å². The van der Waals surface area contributed by atoms with Crippen LogP contribution >= 0.6 is 23.1 Å². The Labute approximate surface area is 140 Å². The number of halogens is 1. The molecule has 0 saturated heterocycles. The molecule has 1 heterocycles. The summed E-state index contributed by atoms with van der Waals surface area (Å²) in [7, 11) is 0. The van der Waals surface area contributed by atoms with Crippen molar-refractivity contribution >= 4 is 45.4 Å². The summed E-state index contributed by atoms with van der Waals surface area (Å²) in [6.45, 7) is 0. The largest absolute Gasteiger partial charge is 0.272 e. The smallest absolute Gasteiger partial charge is 0.250 e. The predicted molar refractivity (Wildman–Crippen MR) is 92.5 cm³/mol. The quantitative estimate of drug-likeness (QED) is 0.436. The summed E-state index contributed by atoms with van der Waals surface area (Å²) >= 11 is 2.92. The van der Waals surface area contributed by atoms with E-state index in [0.717, 1.165) is 14.6 Å². The highest BCUT2D eigenvalue weighted by Crippen LogP contribution is 2.28. The molecule has 0 spiro atoms. The Morgan fingerprint density at radius 3 is 3.00 bits per heavy atom. The molecule has 116 valence electrons. The van der Waals surface area contributed by atoms with Gasteiger partial charge in [-0.25, -0.2) is 14.8 Å². The van der Waals surface area contributed by atoms with Crippen LogP contribution in [0.5, 0.6) is 0 Å². The van der Waals surface area contributed by atoms with E-state index in [2.05, 4.69) is 15.5 Å². The summed E-state index contributed by atoms with van der Waals surface area (Å²) in [5.74, 6) is -0.353. The van der Waals surface area contributed by atoms with Crippen molar-refractivity contribution in [3.05, 3.63) is 59.9 Å². The Kier molecular flexibility index (Phi) is 4.99. The van der Waals surface area contributed by atoms with Crippen LogP contribution < -0.4 is 5.43 Å². The van der Waals surface area contributed by atoms with E-state index in [0.29, 0.717) is 5.56 Å². The number of thiazole rings is 1. The molecule has 3 rings (SSSR count). The molecule has 0 fully saturated rings. The molecule has 1 N–H and O–H groups in total. The lowest BCUT2D eigenvalue weighted by molar-refractivity contribution is -0.118. The molecule has 3 aromatic rings. The number of para-hydroxylation sites is 1. The number of carbonyl (C=O) groups excluding carboxylic acids is 1. The molecular weight excluding hydrogens is 333 g/mol. The van der Waals surface area contributed by atoms with Gasteiger partial charge in [-0.05, 0) is 29.8 Å². The van der Waals surface area contributed by atoms with Crippen LogP contribution in [0.25, 0.3) is 10.2 Å². The second-order valence-corrected chi connectivity index (χ2v) is 6.84. The third kappa shape index (κ3) is 4.37. The first-order valence-electron chi connectivity index (χ1n) is 6.76. The van der Waals surface area contributed by atoms with Gasteiger partial charge < -0.3 is 0 Å². The van der Waals surface area contributed by atoms with E-state index >= 15 is 0 Å². The fourth-order valence-electron chi connectivity index (χ4n) is 1.84. The van der Waals surface area contributed by atoms with E-state index in [1.807, 2.05) is 24.3 Å². The van der Waals surface area contributed by atoms with Gasteiger partial charge in [0.15, 0.2) is 4.34 Å². The molecule has 0 aliphatic rings. The lowest BCUT2D eigenvalue weighted by Gasteiger charge is -1.97. The van der Waals surface area contributed by atoms with Crippen molar-refractivity contribution in [2.75, 3.05) is 5.75 Å². The Balaban J connectivity index is 1.51. The molecule has 0 aliphatic heterocycles. The van der Waals surface area contributed by atoms with Gasteiger partial charge in [0.05, 0.1) is 22.2 Å². The van der Waals surface area contributed by atoms with Crippen molar-refractivity contribution in [3.63, 3.8) is 0 Å². The van der Waals surface area contributed by atoms with Gasteiger partial charge in [-0.2, -0.15) is 5.10 Å². The van der Waals surface area contributed by atoms with Crippen molar-refractivity contribution in [3.8, 4) is 0 Å². The Morgan fingerprint density at radius 2 is 2.17 bits per heavy atom. The van der Waals surface area contributed by atoms with Crippen LogP contribution in [-0.2, 0) is 4.79 Å². The van der Waals surface area contributed by atoms with Crippen LogP contribution in [0.2, 0.25) is 0 Å². The maximum absolute atomic E-state index is 13.0. The molecule has 0 unspecified atom stereocenters. The zero-order valence-electron chi connectivity index (χ0n) is 11.9. The highest BCUT2D eigenvalue weighted by molar-refractivity contribution is 8.01. The van der Waals surface area contributed by atoms with Gasteiger partial charge in [0, 0.05) is 0 Å². The van der Waals surface area contributed by atoms with E-state index in [1.165, 1.54) is 30.1 Å².